The number of hydrogen-bond acceptors (Lipinski definition) is 3. The first-order valence-electron chi connectivity index (χ1n) is 8.45. The summed E-state index contributed by atoms with van der Waals surface area (Å²) in [5.41, 5.74) is 0.222. The predicted octanol–water partition coefficient (Wildman–Crippen LogP) is 3.60. The van der Waals surface area contributed by atoms with Crippen LogP contribution in [0.25, 0.3) is 0 Å². The molecule has 132 valence electrons. The molecule has 0 spiro atoms. The molecule has 0 aliphatic carbocycles. The van der Waals surface area contributed by atoms with E-state index in [1.807, 2.05) is 51.1 Å². The fraction of sp³-hybridized carbons (Fsp3) is 0.556. The summed E-state index contributed by atoms with van der Waals surface area (Å²) in [5, 5.41) is 5.63. The molecule has 2 rings (SSSR count). The predicted molar refractivity (Wildman–Crippen MR) is 94.0 cm³/mol. The summed E-state index contributed by atoms with van der Waals surface area (Å²) in [5.74, 6) is 0. The minimum atomic E-state index is -0.517. The Balaban J connectivity index is 1.86. The van der Waals surface area contributed by atoms with Crippen molar-refractivity contribution in [3.05, 3.63) is 30.3 Å². The molecule has 1 aromatic carbocycles. The van der Waals surface area contributed by atoms with Crippen molar-refractivity contribution in [3.63, 3.8) is 0 Å². The Bertz CT molecular complexity index is 554. The number of nitrogens with zero attached hydrogens (tertiary/aromatic N) is 1. The summed E-state index contributed by atoms with van der Waals surface area (Å²) in [6.45, 7) is 6.65. The van der Waals surface area contributed by atoms with Crippen LogP contribution in [0.3, 0.4) is 0 Å². The van der Waals surface area contributed by atoms with E-state index in [0.29, 0.717) is 13.1 Å². The van der Waals surface area contributed by atoms with Gasteiger partial charge in [-0.05, 0) is 52.2 Å². The second-order valence-electron chi connectivity index (χ2n) is 7.02. The van der Waals surface area contributed by atoms with Crippen molar-refractivity contribution >= 4 is 17.8 Å². The van der Waals surface area contributed by atoms with Gasteiger partial charge < -0.3 is 20.3 Å². The molecule has 24 heavy (non-hydrogen) atoms. The standard InChI is InChI=1S/C18H27N3O3/c1-18(2,3)24-17(23)21-12-8-7-11-15(21)13-19-16(22)20-14-9-5-4-6-10-14/h4-6,9-10,15H,7-8,11-13H2,1-3H3,(H2,19,20,22)/t15-/m0/s1. The molecule has 1 aliphatic heterocycles. The van der Waals surface area contributed by atoms with Crippen LogP contribution in [0, 0.1) is 0 Å². The van der Waals surface area contributed by atoms with E-state index in [-0.39, 0.29) is 18.2 Å². The maximum atomic E-state index is 12.3. The molecule has 1 saturated heterocycles. The van der Waals surface area contributed by atoms with Gasteiger partial charge in [-0.1, -0.05) is 18.2 Å². The molecule has 0 unspecified atom stereocenters. The van der Waals surface area contributed by atoms with Gasteiger partial charge >= 0.3 is 12.1 Å². The molecule has 1 aromatic rings. The molecule has 0 bridgehead atoms. The number of para-hydroxylation sites is 1. The fourth-order valence-corrected chi connectivity index (χ4v) is 2.68. The minimum absolute atomic E-state index is 0.0323. The lowest BCUT2D eigenvalue weighted by atomic mass is 10.0. The van der Waals surface area contributed by atoms with Crippen LogP contribution in [0.5, 0.6) is 0 Å². The van der Waals surface area contributed by atoms with Crippen molar-refractivity contribution in [2.24, 2.45) is 0 Å². The van der Waals surface area contributed by atoms with Crippen LogP contribution in [0.15, 0.2) is 30.3 Å². The van der Waals surface area contributed by atoms with E-state index in [4.69, 9.17) is 4.74 Å². The van der Waals surface area contributed by atoms with E-state index in [9.17, 15) is 9.59 Å². The highest BCUT2D eigenvalue weighted by atomic mass is 16.6. The lowest BCUT2D eigenvalue weighted by molar-refractivity contribution is 0.0102. The third-order valence-electron chi connectivity index (χ3n) is 3.79. The number of carbonyl (C=O) groups excluding carboxylic acids is 2. The smallest absolute Gasteiger partial charge is 0.410 e. The largest absolute Gasteiger partial charge is 0.444 e. The monoisotopic (exact) mass is 333 g/mol. The van der Waals surface area contributed by atoms with Crippen molar-refractivity contribution < 1.29 is 14.3 Å². The van der Waals surface area contributed by atoms with Gasteiger partial charge in [-0.25, -0.2) is 9.59 Å². The number of hydrogen-bond donors (Lipinski definition) is 2. The lowest BCUT2D eigenvalue weighted by Gasteiger charge is -2.36. The summed E-state index contributed by atoms with van der Waals surface area (Å²) in [6.07, 6.45) is 2.57. The van der Waals surface area contributed by atoms with Crippen molar-refractivity contribution in [2.45, 2.75) is 51.7 Å². The SMILES string of the molecule is CC(C)(C)OC(=O)N1CCCC[C@H]1CNC(=O)Nc1ccccc1. The Kier molecular flexibility index (Phi) is 6.06. The zero-order valence-corrected chi connectivity index (χ0v) is 14.7. The van der Waals surface area contributed by atoms with Gasteiger partial charge in [0.1, 0.15) is 5.60 Å². The van der Waals surface area contributed by atoms with Gasteiger partial charge in [-0.15, -0.1) is 0 Å². The molecule has 1 aliphatic rings. The molecule has 1 heterocycles. The Morgan fingerprint density at radius 2 is 1.92 bits per heavy atom. The Morgan fingerprint density at radius 3 is 2.58 bits per heavy atom. The Labute approximate surface area is 143 Å². The Morgan fingerprint density at radius 1 is 1.21 bits per heavy atom. The van der Waals surface area contributed by atoms with Crippen LogP contribution >= 0.6 is 0 Å². The van der Waals surface area contributed by atoms with Crippen LogP contribution in [-0.2, 0) is 4.74 Å². The van der Waals surface area contributed by atoms with E-state index < -0.39 is 5.60 Å². The number of amides is 3. The first-order chi connectivity index (χ1) is 11.3. The summed E-state index contributed by atoms with van der Waals surface area (Å²) in [4.78, 5) is 26.1. The zero-order chi connectivity index (χ0) is 17.6. The second kappa shape index (κ2) is 8.04. The number of likely N-dealkylation sites (tertiary alicyclic amines) is 1. The first-order valence-corrected chi connectivity index (χ1v) is 8.45. The average Bonchev–Trinajstić information content (AvgIpc) is 2.52. The summed E-state index contributed by atoms with van der Waals surface area (Å²) < 4.78 is 5.47. The van der Waals surface area contributed by atoms with Crippen LogP contribution in [0.2, 0.25) is 0 Å². The topological polar surface area (TPSA) is 70.7 Å². The molecular weight excluding hydrogens is 306 g/mol. The van der Waals surface area contributed by atoms with E-state index in [1.165, 1.54) is 0 Å². The van der Waals surface area contributed by atoms with E-state index in [0.717, 1.165) is 24.9 Å². The van der Waals surface area contributed by atoms with Crippen molar-refractivity contribution in [1.29, 1.82) is 0 Å². The van der Waals surface area contributed by atoms with Gasteiger partial charge in [0.15, 0.2) is 0 Å². The number of urea groups is 1. The molecular formula is C18H27N3O3. The molecule has 1 atom stereocenters. The number of benzene rings is 1. The van der Waals surface area contributed by atoms with Gasteiger partial charge in [-0.2, -0.15) is 0 Å². The lowest BCUT2D eigenvalue weighted by Crippen LogP contribution is -2.51. The van der Waals surface area contributed by atoms with Crippen molar-refractivity contribution in [1.82, 2.24) is 10.2 Å². The molecule has 6 heteroatoms. The highest BCUT2D eigenvalue weighted by Crippen LogP contribution is 2.20. The van der Waals surface area contributed by atoms with E-state index >= 15 is 0 Å². The van der Waals surface area contributed by atoms with Gasteiger partial charge in [0, 0.05) is 18.8 Å². The average molecular weight is 333 g/mol. The third kappa shape index (κ3) is 5.76. The van der Waals surface area contributed by atoms with Gasteiger partial charge in [0.25, 0.3) is 0 Å². The molecule has 0 radical (unpaired) electrons. The van der Waals surface area contributed by atoms with Gasteiger partial charge in [0.05, 0.1) is 6.04 Å². The van der Waals surface area contributed by atoms with Crippen LogP contribution in [0.4, 0.5) is 15.3 Å². The summed E-state index contributed by atoms with van der Waals surface area (Å²) in [6, 6.07) is 8.97. The molecule has 3 amide bonds. The number of ether oxygens (including phenoxy) is 1. The van der Waals surface area contributed by atoms with Crippen molar-refractivity contribution in [3.8, 4) is 0 Å². The maximum Gasteiger partial charge on any atom is 0.410 e. The molecule has 2 N–H and O–H groups in total. The van der Waals surface area contributed by atoms with Gasteiger partial charge in [-0.3, -0.25) is 0 Å². The van der Waals surface area contributed by atoms with Crippen LogP contribution in [-0.4, -0.2) is 41.8 Å². The normalized spacial score (nSPS) is 18.0. The number of carbonyl (C=O) groups is 2. The number of anilines is 1. The number of rotatable bonds is 3. The Hall–Kier alpha value is -2.24. The molecule has 6 nitrogen and oxygen atoms in total. The summed E-state index contributed by atoms with van der Waals surface area (Å²) >= 11 is 0. The first kappa shape index (κ1) is 18.1. The van der Waals surface area contributed by atoms with E-state index in [1.54, 1.807) is 4.90 Å². The third-order valence-corrected chi connectivity index (χ3v) is 3.79. The zero-order valence-electron chi connectivity index (χ0n) is 14.7. The fourth-order valence-electron chi connectivity index (χ4n) is 2.68. The molecule has 1 fully saturated rings. The highest BCUT2D eigenvalue weighted by Gasteiger charge is 2.30. The van der Waals surface area contributed by atoms with Gasteiger partial charge in [0.2, 0.25) is 0 Å². The quantitative estimate of drug-likeness (QED) is 0.888. The van der Waals surface area contributed by atoms with E-state index in [2.05, 4.69) is 10.6 Å². The number of piperidine rings is 1. The molecule has 0 saturated carbocycles. The van der Waals surface area contributed by atoms with Crippen molar-refractivity contribution in [2.75, 3.05) is 18.4 Å². The highest BCUT2D eigenvalue weighted by molar-refractivity contribution is 5.89. The van der Waals surface area contributed by atoms with Crippen LogP contribution in [0.1, 0.15) is 40.0 Å². The maximum absolute atomic E-state index is 12.3. The number of nitrogens with one attached hydrogen (secondary N) is 2. The molecule has 0 aromatic heterocycles. The second-order valence-corrected chi connectivity index (χ2v) is 7.02. The minimum Gasteiger partial charge on any atom is -0.444 e. The summed E-state index contributed by atoms with van der Waals surface area (Å²) in [7, 11) is 0. The van der Waals surface area contributed by atoms with Crippen LogP contribution < -0.4 is 10.6 Å².